The van der Waals surface area contributed by atoms with E-state index in [1.807, 2.05) is 6.92 Å². The maximum atomic E-state index is 3.36. The zero-order valence-electron chi connectivity index (χ0n) is 13.0. The van der Waals surface area contributed by atoms with Crippen molar-refractivity contribution in [1.82, 2.24) is 0 Å². The summed E-state index contributed by atoms with van der Waals surface area (Å²) in [4.78, 5) is 0. The van der Waals surface area contributed by atoms with Gasteiger partial charge in [0.1, 0.15) is 6.54 Å². The highest BCUT2D eigenvalue weighted by molar-refractivity contribution is 4.83. The first-order valence-electron chi connectivity index (χ1n) is 7.86. The van der Waals surface area contributed by atoms with Crippen LogP contribution >= 0.6 is 0 Å². The van der Waals surface area contributed by atoms with E-state index < -0.39 is 0 Å². The molecule has 1 heteroatoms. The first kappa shape index (κ1) is 17.9. The number of unbranched alkanes of at least 4 members (excludes halogenated alkanes) is 7. The molecular formula is C18H32N+. The molecule has 0 fully saturated rings. The first-order chi connectivity index (χ1) is 9.35. The minimum Gasteiger partial charge on any atom is -0.205 e. The Labute approximate surface area is 120 Å². The van der Waals surface area contributed by atoms with Gasteiger partial charge >= 0.3 is 0 Å². The van der Waals surface area contributed by atoms with Gasteiger partial charge in [-0.05, 0) is 13.3 Å². The number of hydrogen-bond acceptors (Lipinski definition) is 0. The lowest BCUT2D eigenvalue weighted by molar-refractivity contribution is -0.697. The summed E-state index contributed by atoms with van der Waals surface area (Å²) >= 11 is 0. The molecule has 0 aliphatic heterocycles. The molecule has 1 rings (SSSR count). The fraction of sp³-hybridized carbons (Fsp3) is 0.611. The van der Waals surface area contributed by atoms with Crippen molar-refractivity contribution in [3.63, 3.8) is 0 Å². The number of aromatic nitrogens is 1. The van der Waals surface area contributed by atoms with Crippen LogP contribution in [0.3, 0.4) is 0 Å². The lowest BCUT2D eigenvalue weighted by atomic mass is 10.1. The molecule has 0 radical (unpaired) electrons. The van der Waals surface area contributed by atoms with Gasteiger partial charge in [-0.1, -0.05) is 57.6 Å². The van der Waals surface area contributed by atoms with Crippen LogP contribution in [0.4, 0.5) is 0 Å². The van der Waals surface area contributed by atoms with E-state index in [0.29, 0.717) is 0 Å². The molecule has 0 bridgehead atoms. The van der Waals surface area contributed by atoms with Crippen molar-refractivity contribution in [2.75, 3.05) is 0 Å². The topological polar surface area (TPSA) is 3.88 Å². The molecule has 0 saturated carbocycles. The van der Waals surface area contributed by atoms with E-state index in [1.54, 1.807) is 6.08 Å². The highest BCUT2D eigenvalue weighted by Crippen LogP contribution is 2.08. The Bertz CT molecular complexity index is 279. The largest absolute Gasteiger partial charge is 0.205 e. The van der Waals surface area contributed by atoms with Gasteiger partial charge < -0.3 is 0 Å². The number of rotatable bonds is 9. The molecule has 108 valence electrons. The minimum absolute atomic E-state index is 1.18. The summed E-state index contributed by atoms with van der Waals surface area (Å²) in [6.45, 7) is 8.70. The third-order valence-electron chi connectivity index (χ3n) is 3.05. The van der Waals surface area contributed by atoms with Crippen LogP contribution in [-0.4, -0.2) is 0 Å². The number of allylic oxidation sites excluding steroid dienone is 1. The molecule has 0 atom stereocenters. The lowest BCUT2D eigenvalue weighted by Gasteiger charge is -2.00. The Kier molecular flexibility index (Phi) is 14.1. The Morgan fingerprint density at radius 1 is 0.842 bits per heavy atom. The molecule has 0 aliphatic rings. The molecule has 19 heavy (non-hydrogen) atoms. The van der Waals surface area contributed by atoms with Gasteiger partial charge in [-0.2, -0.15) is 0 Å². The molecule has 1 aromatic rings. The van der Waals surface area contributed by atoms with E-state index in [0.717, 1.165) is 0 Å². The van der Waals surface area contributed by atoms with E-state index in [4.69, 9.17) is 0 Å². The second-order valence-corrected chi connectivity index (χ2v) is 5.00. The molecule has 1 aromatic heterocycles. The van der Waals surface area contributed by atoms with Crippen molar-refractivity contribution in [2.24, 2.45) is 0 Å². The molecule has 0 N–H and O–H groups in total. The van der Waals surface area contributed by atoms with Crippen molar-refractivity contribution in [1.29, 1.82) is 0 Å². The third kappa shape index (κ3) is 13.1. The molecule has 1 nitrogen and oxygen atoms in total. The predicted molar refractivity (Wildman–Crippen MR) is 85.1 cm³/mol. The van der Waals surface area contributed by atoms with Crippen molar-refractivity contribution in [3.8, 4) is 0 Å². The fourth-order valence-electron chi connectivity index (χ4n) is 2.01. The lowest BCUT2D eigenvalue weighted by Crippen LogP contribution is -2.32. The van der Waals surface area contributed by atoms with Crippen molar-refractivity contribution in [2.45, 2.75) is 71.8 Å². The van der Waals surface area contributed by atoms with Gasteiger partial charge in [0.05, 0.1) is 0 Å². The Morgan fingerprint density at radius 3 is 1.84 bits per heavy atom. The summed E-state index contributed by atoms with van der Waals surface area (Å²) in [5.41, 5.74) is 0. The van der Waals surface area contributed by atoms with Gasteiger partial charge in [0.25, 0.3) is 0 Å². The van der Waals surface area contributed by atoms with Crippen molar-refractivity contribution in [3.05, 3.63) is 43.2 Å². The van der Waals surface area contributed by atoms with E-state index in [-0.39, 0.29) is 0 Å². The van der Waals surface area contributed by atoms with Crippen LogP contribution in [-0.2, 0) is 6.54 Å². The Morgan fingerprint density at radius 2 is 1.32 bits per heavy atom. The predicted octanol–water partition coefficient (Wildman–Crippen LogP) is 5.31. The second-order valence-electron chi connectivity index (χ2n) is 5.00. The summed E-state index contributed by atoms with van der Waals surface area (Å²) in [6, 6.07) is 6.28. The smallest absolute Gasteiger partial charge is 0.168 e. The number of aryl methyl sites for hydroxylation is 1. The van der Waals surface area contributed by atoms with Crippen LogP contribution in [0.15, 0.2) is 43.2 Å². The van der Waals surface area contributed by atoms with Gasteiger partial charge in [0, 0.05) is 18.6 Å². The monoisotopic (exact) mass is 262 g/mol. The van der Waals surface area contributed by atoms with Crippen LogP contribution in [0.1, 0.15) is 65.2 Å². The van der Waals surface area contributed by atoms with Gasteiger partial charge in [-0.25, -0.2) is 4.57 Å². The Hall–Kier alpha value is -1.11. The Balaban J connectivity index is 0.000000982. The van der Waals surface area contributed by atoms with Crippen molar-refractivity contribution < 1.29 is 4.57 Å². The summed E-state index contributed by atoms with van der Waals surface area (Å²) in [5, 5.41) is 0. The van der Waals surface area contributed by atoms with Crippen LogP contribution in [0.2, 0.25) is 0 Å². The molecule has 0 amide bonds. The molecule has 1 heterocycles. The SMILES string of the molecule is C=CC.CCCCCCCCCC[n+]1ccccc1. The van der Waals surface area contributed by atoms with E-state index in [1.165, 1.54) is 57.9 Å². The van der Waals surface area contributed by atoms with Gasteiger partial charge in [0.2, 0.25) is 0 Å². The molecular weight excluding hydrogens is 230 g/mol. The van der Waals surface area contributed by atoms with E-state index in [9.17, 15) is 0 Å². The summed E-state index contributed by atoms with van der Waals surface area (Å²) < 4.78 is 2.27. The van der Waals surface area contributed by atoms with Crippen LogP contribution < -0.4 is 4.57 Å². The summed E-state index contributed by atoms with van der Waals surface area (Å²) in [6.07, 6.45) is 17.2. The van der Waals surface area contributed by atoms with Gasteiger partial charge in [0.15, 0.2) is 12.4 Å². The quantitative estimate of drug-likeness (QED) is 0.323. The maximum Gasteiger partial charge on any atom is 0.168 e. The zero-order chi connectivity index (χ0) is 14.2. The molecule has 0 spiro atoms. The number of pyridine rings is 1. The average Bonchev–Trinajstić information content (AvgIpc) is 2.44. The number of hydrogen-bond donors (Lipinski definition) is 0. The normalized spacial score (nSPS) is 9.58. The molecule has 0 aliphatic carbocycles. The highest BCUT2D eigenvalue weighted by Gasteiger charge is 1.97. The van der Waals surface area contributed by atoms with Gasteiger partial charge in [-0.3, -0.25) is 0 Å². The molecule has 0 saturated heterocycles. The third-order valence-corrected chi connectivity index (χ3v) is 3.05. The maximum absolute atomic E-state index is 3.36. The number of nitrogens with zero attached hydrogens (tertiary/aromatic N) is 1. The second kappa shape index (κ2) is 14.9. The highest BCUT2D eigenvalue weighted by atomic mass is 14.9. The summed E-state index contributed by atoms with van der Waals surface area (Å²) in [5.74, 6) is 0. The van der Waals surface area contributed by atoms with Crippen LogP contribution in [0, 0.1) is 0 Å². The fourth-order valence-corrected chi connectivity index (χ4v) is 2.01. The van der Waals surface area contributed by atoms with E-state index in [2.05, 4.69) is 48.7 Å². The molecule has 0 aromatic carbocycles. The van der Waals surface area contributed by atoms with Crippen molar-refractivity contribution >= 4 is 0 Å². The van der Waals surface area contributed by atoms with Gasteiger partial charge in [-0.15, -0.1) is 6.58 Å². The van der Waals surface area contributed by atoms with Crippen LogP contribution in [0.25, 0.3) is 0 Å². The summed E-state index contributed by atoms with van der Waals surface area (Å²) in [7, 11) is 0. The first-order valence-corrected chi connectivity index (χ1v) is 7.86. The van der Waals surface area contributed by atoms with E-state index >= 15 is 0 Å². The molecule has 0 unspecified atom stereocenters. The average molecular weight is 262 g/mol. The zero-order valence-corrected chi connectivity index (χ0v) is 13.0. The standard InChI is InChI=1S/C15H26N.C3H6/c1-2-3-4-5-6-7-8-10-13-16-14-11-9-12-15-16;1-3-2/h9,11-12,14-15H,2-8,10,13H2,1H3;3H,1H2,2H3/q+1;. The van der Waals surface area contributed by atoms with Crippen LogP contribution in [0.5, 0.6) is 0 Å². The minimum atomic E-state index is 1.18.